The van der Waals surface area contributed by atoms with Crippen LogP contribution >= 0.6 is 0 Å². The molecule has 2 aliphatic rings. The summed E-state index contributed by atoms with van der Waals surface area (Å²) in [7, 11) is 0. The van der Waals surface area contributed by atoms with Gasteiger partial charge in [-0.05, 0) is 76.6 Å². The highest BCUT2D eigenvalue weighted by molar-refractivity contribution is 5.40. The van der Waals surface area contributed by atoms with Gasteiger partial charge in [0.25, 0.3) is 0 Å². The van der Waals surface area contributed by atoms with Crippen molar-refractivity contribution in [3.05, 3.63) is 34.9 Å². The zero-order valence-corrected chi connectivity index (χ0v) is 13.4. The molecule has 20 heavy (non-hydrogen) atoms. The van der Waals surface area contributed by atoms with Crippen molar-refractivity contribution in [1.29, 1.82) is 0 Å². The zero-order chi connectivity index (χ0) is 14.5. The Morgan fingerprint density at radius 3 is 2.45 bits per heavy atom. The van der Waals surface area contributed by atoms with Crippen LogP contribution in [0, 0.1) is 12.3 Å². The van der Waals surface area contributed by atoms with Crippen molar-refractivity contribution in [2.45, 2.75) is 58.5 Å². The van der Waals surface area contributed by atoms with E-state index in [0.717, 1.165) is 0 Å². The standard InChI is InChI=1S/C18H28N2/c1-13-5-6-15-14(11-13)12-18(16(15)19)7-9-20(10-8-18)17(2,3)4/h5-6,11,16H,7-10,12,19H2,1-4H3/t16-/m0/s1. The molecule has 2 nitrogen and oxygen atoms in total. The molecule has 1 spiro atoms. The minimum atomic E-state index is 0.236. The van der Waals surface area contributed by atoms with Crippen LogP contribution in [-0.2, 0) is 6.42 Å². The zero-order valence-electron chi connectivity index (χ0n) is 13.4. The number of likely N-dealkylation sites (tertiary alicyclic amines) is 1. The van der Waals surface area contributed by atoms with E-state index in [1.807, 2.05) is 0 Å². The Balaban J connectivity index is 1.81. The molecule has 1 fully saturated rings. The molecule has 0 amide bonds. The molecular formula is C18H28N2. The van der Waals surface area contributed by atoms with E-state index >= 15 is 0 Å². The summed E-state index contributed by atoms with van der Waals surface area (Å²) in [5.41, 5.74) is 11.5. The average Bonchev–Trinajstić information content (AvgIpc) is 2.61. The van der Waals surface area contributed by atoms with Gasteiger partial charge in [-0.15, -0.1) is 0 Å². The van der Waals surface area contributed by atoms with Crippen LogP contribution in [0.3, 0.4) is 0 Å². The minimum absolute atomic E-state index is 0.236. The van der Waals surface area contributed by atoms with Crippen LogP contribution in [0.25, 0.3) is 0 Å². The number of nitrogens with two attached hydrogens (primary N) is 1. The summed E-state index contributed by atoms with van der Waals surface area (Å²) in [6.45, 7) is 11.5. The lowest BCUT2D eigenvalue weighted by Crippen LogP contribution is -2.50. The molecule has 0 unspecified atom stereocenters. The second kappa shape index (κ2) is 4.57. The lowest BCUT2D eigenvalue weighted by molar-refractivity contribution is 0.0345. The second-order valence-electron chi connectivity index (χ2n) is 7.88. The number of hydrogen-bond donors (Lipinski definition) is 1. The van der Waals surface area contributed by atoms with Gasteiger partial charge in [0.05, 0.1) is 0 Å². The van der Waals surface area contributed by atoms with Gasteiger partial charge in [0.15, 0.2) is 0 Å². The molecule has 1 heterocycles. The molecule has 1 aromatic carbocycles. The summed E-state index contributed by atoms with van der Waals surface area (Å²) < 4.78 is 0. The van der Waals surface area contributed by atoms with Crippen LogP contribution in [-0.4, -0.2) is 23.5 Å². The van der Waals surface area contributed by atoms with Crippen molar-refractivity contribution in [3.63, 3.8) is 0 Å². The Labute approximate surface area is 123 Å². The molecule has 0 saturated carbocycles. The quantitative estimate of drug-likeness (QED) is 0.784. The third-order valence-corrected chi connectivity index (χ3v) is 5.54. The van der Waals surface area contributed by atoms with E-state index in [2.05, 4.69) is 50.8 Å². The van der Waals surface area contributed by atoms with Crippen LogP contribution in [0.15, 0.2) is 18.2 Å². The van der Waals surface area contributed by atoms with E-state index in [4.69, 9.17) is 5.73 Å². The first-order valence-corrected chi connectivity index (χ1v) is 7.92. The van der Waals surface area contributed by atoms with Gasteiger partial charge in [-0.1, -0.05) is 23.8 Å². The summed E-state index contributed by atoms with van der Waals surface area (Å²) in [6.07, 6.45) is 3.65. The largest absolute Gasteiger partial charge is 0.323 e. The van der Waals surface area contributed by atoms with Crippen molar-refractivity contribution in [2.75, 3.05) is 13.1 Å². The van der Waals surface area contributed by atoms with Gasteiger partial charge >= 0.3 is 0 Å². The summed E-state index contributed by atoms with van der Waals surface area (Å²) in [4.78, 5) is 2.61. The van der Waals surface area contributed by atoms with Gasteiger partial charge in [0.1, 0.15) is 0 Å². The van der Waals surface area contributed by atoms with Crippen molar-refractivity contribution in [2.24, 2.45) is 11.1 Å². The van der Waals surface area contributed by atoms with E-state index in [-0.39, 0.29) is 11.6 Å². The van der Waals surface area contributed by atoms with E-state index in [1.165, 1.54) is 49.0 Å². The third kappa shape index (κ3) is 2.19. The predicted molar refractivity (Wildman–Crippen MR) is 84.8 cm³/mol. The van der Waals surface area contributed by atoms with Crippen LogP contribution in [0.5, 0.6) is 0 Å². The number of nitrogens with zero attached hydrogens (tertiary/aromatic N) is 1. The van der Waals surface area contributed by atoms with Crippen molar-refractivity contribution >= 4 is 0 Å². The number of piperidine rings is 1. The Bertz CT molecular complexity index is 505. The van der Waals surface area contributed by atoms with Crippen LogP contribution < -0.4 is 5.73 Å². The van der Waals surface area contributed by atoms with Crippen molar-refractivity contribution in [1.82, 2.24) is 4.90 Å². The summed E-state index contributed by atoms with van der Waals surface area (Å²) in [5.74, 6) is 0. The van der Waals surface area contributed by atoms with Crippen molar-refractivity contribution in [3.8, 4) is 0 Å². The van der Waals surface area contributed by atoms with Crippen LogP contribution in [0.4, 0.5) is 0 Å². The molecule has 2 N–H and O–H groups in total. The normalized spacial score (nSPS) is 25.9. The smallest absolute Gasteiger partial charge is 0.0359 e. The molecule has 110 valence electrons. The van der Waals surface area contributed by atoms with Gasteiger partial charge in [0, 0.05) is 11.6 Å². The Hall–Kier alpha value is -0.860. The number of aryl methyl sites for hydroxylation is 1. The highest BCUT2D eigenvalue weighted by Gasteiger charge is 2.46. The number of fused-ring (bicyclic) bond motifs is 1. The van der Waals surface area contributed by atoms with Gasteiger partial charge in [-0.2, -0.15) is 0 Å². The second-order valence-corrected chi connectivity index (χ2v) is 7.88. The minimum Gasteiger partial charge on any atom is -0.323 e. The fourth-order valence-corrected chi connectivity index (χ4v) is 4.12. The number of benzene rings is 1. The summed E-state index contributed by atoms with van der Waals surface area (Å²) >= 11 is 0. The first-order valence-electron chi connectivity index (χ1n) is 7.92. The summed E-state index contributed by atoms with van der Waals surface area (Å²) in [5, 5.41) is 0. The highest BCUT2D eigenvalue weighted by atomic mass is 15.2. The average molecular weight is 272 g/mol. The lowest BCUT2D eigenvalue weighted by Gasteiger charge is -2.47. The van der Waals surface area contributed by atoms with Crippen molar-refractivity contribution < 1.29 is 0 Å². The molecule has 1 atom stereocenters. The maximum atomic E-state index is 6.64. The molecule has 1 saturated heterocycles. The maximum absolute atomic E-state index is 6.64. The lowest BCUT2D eigenvalue weighted by atomic mass is 9.72. The molecule has 3 rings (SSSR count). The summed E-state index contributed by atoms with van der Waals surface area (Å²) in [6, 6.07) is 7.06. The molecule has 0 bridgehead atoms. The molecule has 1 aliphatic carbocycles. The molecular weight excluding hydrogens is 244 g/mol. The van der Waals surface area contributed by atoms with Gasteiger partial charge in [-0.25, -0.2) is 0 Å². The predicted octanol–water partition coefficient (Wildman–Crippen LogP) is 3.43. The number of hydrogen-bond acceptors (Lipinski definition) is 2. The highest BCUT2D eigenvalue weighted by Crippen LogP contribution is 2.51. The first kappa shape index (κ1) is 14.1. The molecule has 1 aliphatic heterocycles. The molecule has 0 radical (unpaired) electrons. The molecule has 1 aromatic rings. The van der Waals surface area contributed by atoms with Crippen LogP contribution in [0.2, 0.25) is 0 Å². The van der Waals surface area contributed by atoms with E-state index in [1.54, 1.807) is 0 Å². The Morgan fingerprint density at radius 2 is 1.85 bits per heavy atom. The van der Waals surface area contributed by atoms with Gasteiger partial charge in [0.2, 0.25) is 0 Å². The number of rotatable bonds is 0. The molecule has 2 heteroatoms. The Kier molecular flexibility index (Phi) is 3.22. The van der Waals surface area contributed by atoms with E-state index in [9.17, 15) is 0 Å². The van der Waals surface area contributed by atoms with E-state index < -0.39 is 0 Å². The third-order valence-electron chi connectivity index (χ3n) is 5.54. The van der Waals surface area contributed by atoms with Gasteiger partial charge < -0.3 is 5.73 Å². The SMILES string of the molecule is Cc1ccc2c(c1)CC1(CCN(C(C)(C)C)CC1)[C@H]2N. The first-order chi connectivity index (χ1) is 9.32. The molecule has 0 aromatic heterocycles. The van der Waals surface area contributed by atoms with E-state index in [0.29, 0.717) is 5.41 Å². The fraction of sp³-hybridized carbons (Fsp3) is 0.667. The monoisotopic (exact) mass is 272 g/mol. The van der Waals surface area contributed by atoms with Crippen LogP contribution in [0.1, 0.15) is 56.3 Å². The topological polar surface area (TPSA) is 29.3 Å². The Morgan fingerprint density at radius 1 is 1.20 bits per heavy atom. The fourth-order valence-electron chi connectivity index (χ4n) is 4.12. The maximum Gasteiger partial charge on any atom is 0.0359 e. The van der Waals surface area contributed by atoms with Gasteiger partial charge in [-0.3, -0.25) is 4.90 Å².